The molecule has 14 heteroatoms. The maximum Gasteiger partial charge on any atom is 0.419 e. The van der Waals surface area contributed by atoms with E-state index in [-0.39, 0.29) is 23.6 Å². The van der Waals surface area contributed by atoms with Crippen molar-refractivity contribution in [1.29, 1.82) is 0 Å². The lowest BCUT2D eigenvalue weighted by Crippen LogP contribution is -2.41. The van der Waals surface area contributed by atoms with E-state index in [0.29, 0.717) is 53.5 Å². The van der Waals surface area contributed by atoms with Crippen LogP contribution in [0.2, 0.25) is 5.02 Å². The smallest absolute Gasteiger partial charge is 0.419 e. The number of nitrogens with zero attached hydrogens (tertiary/aromatic N) is 5. The Morgan fingerprint density at radius 1 is 1.04 bits per heavy atom. The fraction of sp³-hybridized carbons (Fsp3) is 0.531. The molecule has 248 valence electrons. The van der Waals surface area contributed by atoms with Crippen LogP contribution in [0.25, 0.3) is 22.1 Å². The van der Waals surface area contributed by atoms with Gasteiger partial charge in [-0.15, -0.1) is 0 Å². The lowest BCUT2D eigenvalue weighted by Gasteiger charge is -2.31. The molecule has 0 bridgehead atoms. The van der Waals surface area contributed by atoms with Crippen LogP contribution >= 0.6 is 11.6 Å². The van der Waals surface area contributed by atoms with Crippen molar-refractivity contribution in [2.75, 3.05) is 13.2 Å². The van der Waals surface area contributed by atoms with E-state index in [4.69, 9.17) is 30.8 Å². The molecule has 46 heavy (non-hydrogen) atoms. The molecule has 5 rings (SSSR count). The maximum absolute atomic E-state index is 14.1. The molecule has 4 heterocycles. The van der Waals surface area contributed by atoms with E-state index in [9.17, 15) is 19.2 Å². The molecule has 1 atom stereocenters. The van der Waals surface area contributed by atoms with Gasteiger partial charge in [-0.1, -0.05) is 17.7 Å². The Labute approximate surface area is 271 Å². The fourth-order valence-electron chi connectivity index (χ4n) is 5.81. The van der Waals surface area contributed by atoms with Crippen LogP contribution in [0.1, 0.15) is 71.9 Å². The average molecular weight is 657 g/mol. The highest BCUT2D eigenvalue weighted by Crippen LogP contribution is 2.32. The number of aromatic nitrogens is 5. The van der Waals surface area contributed by atoms with Gasteiger partial charge in [-0.05, 0) is 78.5 Å². The molecule has 1 aromatic carbocycles. The Kier molecular flexibility index (Phi) is 8.86. The van der Waals surface area contributed by atoms with Gasteiger partial charge in [0.15, 0.2) is 11.2 Å². The molecule has 13 nitrogen and oxygen atoms in total. The second kappa shape index (κ2) is 12.3. The van der Waals surface area contributed by atoms with Crippen molar-refractivity contribution in [3.05, 3.63) is 61.6 Å². The largest absolute Gasteiger partial charge is 0.444 e. The minimum absolute atomic E-state index is 0.0506. The first-order chi connectivity index (χ1) is 21.5. The number of rotatable bonds is 5. The molecule has 1 aliphatic rings. The second-order valence-electron chi connectivity index (χ2n) is 13.6. The molecule has 4 aromatic rings. The molecular weight excluding hydrogens is 616 g/mol. The van der Waals surface area contributed by atoms with Crippen molar-refractivity contribution in [3.8, 4) is 0 Å². The van der Waals surface area contributed by atoms with Crippen molar-refractivity contribution in [2.45, 2.75) is 78.2 Å². The zero-order valence-corrected chi connectivity index (χ0v) is 28.2. The van der Waals surface area contributed by atoms with Gasteiger partial charge in [0, 0.05) is 37.7 Å². The number of nitrogens with one attached hydrogen (secondary N) is 1. The van der Waals surface area contributed by atoms with E-state index in [0.717, 1.165) is 4.57 Å². The third kappa shape index (κ3) is 6.57. The van der Waals surface area contributed by atoms with Crippen LogP contribution in [0, 0.1) is 5.92 Å². The summed E-state index contributed by atoms with van der Waals surface area (Å²) in [6.07, 6.45) is 0.0342. The van der Waals surface area contributed by atoms with E-state index >= 15 is 0 Å². The lowest BCUT2D eigenvalue weighted by molar-refractivity contribution is 0.0337. The van der Waals surface area contributed by atoms with Gasteiger partial charge in [-0.25, -0.2) is 23.9 Å². The summed E-state index contributed by atoms with van der Waals surface area (Å²) in [7, 11) is 3.21. The zero-order chi connectivity index (χ0) is 33.7. The quantitative estimate of drug-likeness (QED) is 0.321. The first-order valence-corrected chi connectivity index (χ1v) is 15.6. The number of ether oxygens (including phenoxy) is 3. The number of hydrogen-bond acceptors (Lipinski definition) is 8. The minimum atomic E-state index is -0.797. The third-order valence-corrected chi connectivity index (χ3v) is 8.18. The van der Waals surface area contributed by atoms with Crippen LogP contribution in [-0.2, 0) is 34.9 Å². The van der Waals surface area contributed by atoms with Crippen LogP contribution < -0.4 is 16.6 Å². The van der Waals surface area contributed by atoms with Crippen LogP contribution in [0.15, 0.2) is 33.9 Å². The van der Waals surface area contributed by atoms with E-state index in [1.165, 1.54) is 16.2 Å². The standard InChI is InChI=1S/C32H41ClN6O7/c1-31(2,3)45-28(41)34-23(18-12-14-44-15-13-18)25-35-26-24(36(25)7)27(40)38(29(42)37(26)8)17-19-16-20-21(33)10-9-11-22(20)39(19)30(43)46-32(4,5)6/h9-11,16,18,23H,12-15,17H2,1-8H3,(H,34,41). The van der Waals surface area contributed by atoms with Crippen LogP contribution in [-0.4, -0.2) is 59.9 Å². The molecule has 1 saturated heterocycles. The summed E-state index contributed by atoms with van der Waals surface area (Å²) in [5.74, 6) is 0.359. The summed E-state index contributed by atoms with van der Waals surface area (Å²) in [5.41, 5.74) is -1.59. The van der Waals surface area contributed by atoms with E-state index in [2.05, 4.69) is 5.32 Å². The molecule has 0 saturated carbocycles. The van der Waals surface area contributed by atoms with E-state index in [1.807, 2.05) is 0 Å². The number of benzene rings is 1. The van der Waals surface area contributed by atoms with Crippen LogP contribution in [0.3, 0.4) is 0 Å². The number of imidazole rings is 1. The number of aryl methyl sites for hydroxylation is 2. The Hall–Kier alpha value is -4.10. The molecule has 1 amide bonds. The van der Waals surface area contributed by atoms with Gasteiger partial charge >= 0.3 is 17.9 Å². The minimum Gasteiger partial charge on any atom is -0.444 e. The summed E-state index contributed by atoms with van der Waals surface area (Å²) in [6.45, 7) is 11.4. The van der Waals surface area contributed by atoms with Crippen molar-refractivity contribution in [1.82, 2.24) is 28.6 Å². The number of carbonyl (C=O) groups is 2. The highest BCUT2D eigenvalue weighted by atomic mass is 35.5. The number of hydrogen-bond donors (Lipinski definition) is 1. The maximum atomic E-state index is 14.1. The second-order valence-corrected chi connectivity index (χ2v) is 14.0. The Morgan fingerprint density at radius 3 is 2.33 bits per heavy atom. The van der Waals surface area contributed by atoms with Crippen molar-refractivity contribution in [2.24, 2.45) is 20.0 Å². The van der Waals surface area contributed by atoms with Crippen LogP contribution in [0.4, 0.5) is 9.59 Å². The number of amides is 1. The highest BCUT2D eigenvalue weighted by molar-refractivity contribution is 6.35. The SMILES string of the molecule is Cn1c(C(NC(=O)OC(C)(C)C)C2CCOCC2)nc2c1c(=O)n(Cc1cc3c(Cl)cccc3n1C(=O)OC(C)(C)C)c(=O)n2C. The molecule has 3 aromatic heterocycles. The number of fused-ring (bicyclic) bond motifs is 2. The first kappa shape index (κ1) is 33.3. The summed E-state index contributed by atoms with van der Waals surface area (Å²) < 4.78 is 22.1. The lowest BCUT2D eigenvalue weighted by atomic mass is 9.91. The predicted molar refractivity (Wildman–Crippen MR) is 174 cm³/mol. The van der Waals surface area contributed by atoms with Gasteiger partial charge in [0.2, 0.25) is 0 Å². The molecule has 0 aliphatic carbocycles. The molecule has 1 fully saturated rings. The summed E-state index contributed by atoms with van der Waals surface area (Å²) >= 11 is 6.48. The summed E-state index contributed by atoms with van der Waals surface area (Å²) in [4.78, 5) is 59.0. The number of carbonyl (C=O) groups excluding carboxylic acids is 2. The monoisotopic (exact) mass is 656 g/mol. The predicted octanol–water partition coefficient (Wildman–Crippen LogP) is 4.87. The normalized spacial score (nSPS) is 15.3. The molecule has 0 radical (unpaired) electrons. The Balaban J connectivity index is 1.64. The van der Waals surface area contributed by atoms with Gasteiger partial charge in [0.05, 0.1) is 23.8 Å². The highest BCUT2D eigenvalue weighted by Gasteiger charge is 2.34. The van der Waals surface area contributed by atoms with Crippen molar-refractivity contribution < 1.29 is 23.8 Å². The Bertz CT molecular complexity index is 1930. The fourth-order valence-corrected chi connectivity index (χ4v) is 6.03. The third-order valence-electron chi connectivity index (χ3n) is 7.85. The van der Waals surface area contributed by atoms with Gasteiger partial charge in [0.25, 0.3) is 5.56 Å². The zero-order valence-electron chi connectivity index (χ0n) is 27.5. The molecule has 1 unspecified atom stereocenters. The van der Waals surface area contributed by atoms with Gasteiger partial charge in [0.1, 0.15) is 17.0 Å². The van der Waals surface area contributed by atoms with E-state index < -0.39 is 40.7 Å². The van der Waals surface area contributed by atoms with Crippen molar-refractivity contribution >= 4 is 45.9 Å². The van der Waals surface area contributed by atoms with E-state index in [1.54, 1.807) is 77.4 Å². The molecular formula is C32H41ClN6O7. The number of alkyl carbamates (subject to hydrolysis) is 1. The first-order valence-electron chi connectivity index (χ1n) is 15.2. The molecule has 0 spiro atoms. The number of halogens is 1. The van der Waals surface area contributed by atoms with Crippen LogP contribution in [0.5, 0.6) is 0 Å². The Morgan fingerprint density at radius 2 is 1.70 bits per heavy atom. The topological polar surface area (TPSA) is 141 Å². The van der Waals surface area contributed by atoms with Gasteiger partial charge < -0.3 is 24.1 Å². The van der Waals surface area contributed by atoms with Gasteiger partial charge in [-0.2, -0.15) is 0 Å². The summed E-state index contributed by atoms with van der Waals surface area (Å²) in [6, 6.07) is 6.19. The van der Waals surface area contributed by atoms with Gasteiger partial charge in [-0.3, -0.25) is 13.9 Å². The molecule has 1 N–H and O–H groups in total. The summed E-state index contributed by atoms with van der Waals surface area (Å²) in [5, 5.41) is 3.95. The van der Waals surface area contributed by atoms with Crippen molar-refractivity contribution in [3.63, 3.8) is 0 Å². The molecule has 1 aliphatic heterocycles. The average Bonchev–Trinajstić information content (AvgIpc) is 3.50.